The molecule has 0 radical (unpaired) electrons. The summed E-state index contributed by atoms with van der Waals surface area (Å²) in [4.78, 5) is 23.3. The molecule has 0 saturated heterocycles. The van der Waals surface area contributed by atoms with Gasteiger partial charge in [-0.15, -0.1) is 0 Å². The Morgan fingerprint density at radius 1 is 0.759 bits per heavy atom. The Labute approximate surface area is 171 Å². The van der Waals surface area contributed by atoms with Crippen molar-refractivity contribution < 1.29 is 19.1 Å². The fourth-order valence-electron chi connectivity index (χ4n) is 3.05. The van der Waals surface area contributed by atoms with Gasteiger partial charge in [-0.25, -0.2) is 4.79 Å². The smallest absolute Gasteiger partial charge is 0.349 e. The van der Waals surface area contributed by atoms with Crippen LogP contribution in [0.1, 0.15) is 42.3 Å². The molecule has 0 aromatic heterocycles. The van der Waals surface area contributed by atoms with E-state index in [0.29, 0.717) is 17.1 Å². The summed E-state index contributed by atoms with van der Waals surface area (Å²) in [6.07, 6.45) is 0. The number of carbonyl (C=O) groups excluding carboxylic acids is 2. The Kier molecular flexibility index (Phi) is 6.13. The second kappa shape index (κ2) is 8.74. The van der Waals surface area contributed by atoms with Gasteiger partial charge in [-0.05, 0) is 54.4 Å². The van der Waals surface area contributed by atoms with Gasteiger partial charge in [0.25, 0.3) is 0 Å². The summed E-state index contributed by atoms with van der Waals surface area (Å²) in [5, 5.41) is 0. The molecule has 148 valence electrons. The molecule has 0 N–H and O–H groups in total. The van der Waals surface area contributed by atoms with Gasteiger partial charge in [0.15, 0.2) is 12.4 Å². The van der Waals surface area contributed by atoms with Gasteiger partial charge in [-0.2, -0.15) is 0 Å². The third-order valence-corrected chi connectivity index (χ3v) is 4.92. The maximum absolute atomic E-state index is 12.0. The number of hydrogen-bond donors (Lipinski definition) is 0. The monoisotopic (exact) mass is 388 g/mol. The first-order valence-corrected chi connectivity index (χ1v) is 9.47. The van der Waals surface area contributed by atoms with Crippen LogP contribution in [0.2, 0.25) is 0 Å². The van der Waals surface area contributed by atoms with Gasteiger partial charge in [-0.3, -0.25) is 4.79 Å². The number of ketones is 1. The summed E-state index contributed by atoms with van der Waals surface area (Å²) in [6, 6.07) is 24.5. The molecule has 0 aliphatic carbocycles. The average Bonchev–Trinajstić information content (AvgIpc) is 2.73. The third-order valence-electron chi connectivity index (χ3n) is 4.92. The van der Waals surface area contributed by atoms with E-state index in [1.165, 1.54) is 12.5 Å². The van der Waals surface area contributed by atoms with Crippen LogP contribution in [-0.2, 0) is 10.2 Å². The van der Waals surface area contributed by atoms with Crippen LogP contribution >= 0.6 is 0 Å². The zero-order chi connectivity index (χ0) is 20.9. The van der Waals surface area contributed by atoms with Gasteiger partial charge in [0.1, 0.15) is 11.5 Å². The molecular formula is C25H24O4. The molecule has 0 fully saturated rings. The van der Waals surface area contributed by atoms with E-state index in [1.807, 2.05) is 42.5 Å². The molecule has 4 heteroatoms. The van der Waals surface area contributed by atoms with Gasteiger partial charge in [0.2, 0.25) is 0 Å². The molecular weight excluding hydrogens is 364 g/mol. The lowest BCUT2D eigenvalue weighted by molar-refractivity contribution is -0.136. The van der Waals surface area contributed by atoms with Gasteiger partial charge < -0.3 is 9.47 Å². The van der Waals surface area contributed by atoms with Gasteiger partial charge >= 0.3 is 5.97 Å². The lowest BCUT2D eigenvalue weighted by Gasteiger charge is -2.26. The fourth-order valence-corrected chi connectivity index (χ4v) is 3.05. The number of Topliss-reactive ketones (excluding diaryl/α,β-unsaturated/α-hetero) is 1. The van der Waals surface area contributed by atoms with Crippen LogP contribution in [0.25, 0.3) is 0 Å². The van der Waals surface area contributed by atoms with Crippen molar-refractivity contribution >= 4 is 11.8 Å². The molecule has 0 amide bonds. The standard InChI is InChI=1S/C25H24O4/c1-18(26)19-9-13-23(14-10-19)29-24(27)17-28-22-15-11-21(12-16-22)25(2,3)20-7-5-4-6-8-20/h4-16H,17H2,1-3H3. The van der Waals surface area contributed by atoms with E-state index in [4.69, 9.17) is 9.47 Å². The summed E-state index contributed by atoms with van der Waals surface area (Å²) >= 11 is 0. The average molecular weight is 388 g/mol. The van der Waals surface area contributed by atoms with E-state index in [-0.39, 0.29) is 17.8 Å². The van der Waals surface area contributed by atoms with Crippen LogP contribution in [0.4, 0.5) is 0 Å². The van der Waals surface area contributed by atoms with Crippen LogP contribution in [-0.4, -0.2) is 18.4 Å². The Morgan fingerprint density at radius 3 is 1.90 bits per heavy atom. The zero-order valence-electron chi connectivity index (χ0n) is 16.8. The maximum atomic E-state index is 12.0. The second-order valence-corrected chi connectivity index (χ2v) is 7.36. The van der Waals surface area contributed by atoms with E-state index >= 15 is 0 Å². The normalized spacial score (nSPS) is 11.0. The molecule has 29 heavy (non-hydrogen) atoms. The quantitative estimate of drug-likeness (QED) is 0.317. The molecule has 0 heterocycles. The highest BCUT2D eigenvalue weighted by atomic mass is 16.6. The van der Waals surface area contributed by atoms with Gasteiger partial charge in [0.05, 0.1) is 0 Å². The fraction of sp³-hybridized carbons (Fsp3) is 0.200. The number of ether oxygens (including phenoxy) is 2. The molecule has 0 aliphatic heterocycles. The van der Waals surface area contributed by atoms with Crippen molar-refractivity contribution in [3.8, 4) is 11.5 Å². The summed E-state index contributed by atoms with van der Waals surface area (Å²) in [6.45, 7) is 5.64. The van der Waals surface area contributed by atoms with Gasteiger partial charge in [0, 0.05) is 11.0 Å². The summed E-state index contributed by atoms with van der Waals surface area (Å²) in [7, 11) is 0. The molecule has 3 aromatic carbocycles. The maximum Gasteiger partial charge on any atom is 0.349 e. The van der Waals surface area contributed by atoms with Crippen LogP contribution in [0.15, 0.2) is 78.9 Å². The molecule has 0 bridgehead atoms. The molecule has 4 nitrogen and oxygen atoms in total. The SMILES string of the molecule is CC(=O)c1ccc(OC(=O)COc2ccc(C(C)(C)c3ccccc3)cc2)cc1. The largest absolute Gasteiger partial charge is 0.482 e. The van der Waals surface area contributed by atoms with Crippen molar-refractivity contribution in [3.63, 3.8) is 0 Å². The summed E-state index contributed by atoms with van der Waals surface area (Å²) in [5.74, 6) is 0.435. The van der Waals surface area contributed by atoms with Crippen molar-refractivity contribution in [2.45, 2.75) is 26.2 Å². The van der Waals surface area contributed by atoms with E-state index in [9.17, 15) is 9.59 Å². The van der Waals surface area contributed by atoms with E-state index in [1.54, 1.807) is 24.3 Å². The first kappa shape index (κ1) is 20.3. The molecule has 3 rings (SSSR count). The van der Waals surface area contributed by atoms with Crippen LogP contribution in [0, 0.1) is 0 Å². The van der Waals surface area contributed by atoms with E-state index < -0.39 is 5.97 Å². The Bertz CT molecular complexity index is 972. The van der Waals surface area contributed by atoms with E-state index in [0.717, 1.165) is 5.56 Å². The van der Waals surface area contributed by atoms with Crippen molar-refractivity contribution in [2.24, 2.45) is 0 Å². The first-order valence-electron chi connectivity index (χ1n) is 9.47. The predicted octanol–water partition coefficient (Wildman–Crippen LogP) is 5.20. The highest BCUT2D eigenvalue weighted by Crippen LogP contribution is 2.32. The number of hydrogen-bond acceptors (Lipinski definition) is 4. The van der Waals surface area contributed by atoms with Crippen molar-refractivity contribution in [1.82, 2.24) is 0 Å². The van der Waals surface area contributed by atoms with Crippen molar-refractivity contribution in [3.05, 3.63) is 95.6 Å². The molecule has 0 unspecified atom stereocenters. The third kappa shape index (κ3) is 5.11. The highest BCUT2D eigenvalue weighted by molar-refractivity contribution is 5.94. The van der Waals surface area contributed by atoms with Crippen molar-refractivity contribution in [2.75, 3.05) is 6.61 Å². The van der Waals surface area contributed by atoms with Crippen molar-refractivity contribution in [1.29, 1.82) is 0 Å². The summed E-state index contributed by atoms with van der Waals surface area (Å²) < 4.78 is 10.8. The lowest BCUT2D eigenvalue weighted by Crippen LogP contribution is -2.19. The molecule has 0 atom stereocenters. The molecule has 0 saturated carbocycles. The summed E-state index contributed by atoms with van der Waals surface area (Å²) in [5.41, 5.74) is 2.82. The minimum atomic E-state index is -0.505. The first-order chi connectivity index (χ1) is 13.9. The number of carbonyl (C=O) groups is 2. The van der Waals surface area contributed by atoms with Crippen LogP contribution < -0.4 is 9.47 Å². The predicted molar refractivity (Wildman–Crippen MR) is 113 cm³/mol. The molecule has 0 aliphatic rings. The van der Waals surface area contributed by atoms with Crippen LogP contribution in [0.5, 0.6) is 11.5 Å². The number of esters is 1. The zero-order valence-corrected chi connectivity index (χ0v) is 16.8. The Morgan fingerprint density at radius 2 is 1.31 bits per heavy atom. The second-order valence-electron chi connectivity index (χ2n) is 7.36. The topological polar surface area (TPSA) is 52.6 Å². The minimum absolute atomic E-state index is 0.0369. The lowest BCUT2D eigenvalue weighted by atomic mass is 9.78. The molecule has 3 aromatic rings. The van der Waals surface area contributed by atoms with E-state index in [2.05, 4.69) is 26.0 Å². The number of benzene rings is 3. The Hall–Kier alpha value is -3.40. The van der Waals surface area contributed by atoms with Gasteiger partial charge in [-0.1, -0.05) is 56.3 Å². The Balaban J connectivity index is 1.57. The minimum Gasteiger partial charge on any atom is -0.482 e. The highest BCUT2D eigenvalue weighted by Gasteiger charge is 2.22. The van der Waals surface area contributed by atoms with Crippen LogP contribution in [0.3, 0.4) is 0 Å². The molecule has 0 spiro atoms. The number of rotatable bonds is 7.